The van der Waals surface area contributed by atoms with Gasteiger partial charge < -0.3 is 15.0 Å². The van der Waals surface area contributed by atoms with E-state index >= 15 is 0 Å². The van der Waals surface area contributed by atoms with Gasteiger partial charge in [0, 0.05) is 18.9 Å². The Bertz CT molecular complexity index is 1080. The number of para-hydroxylation sites is 2. The summed E-state index contributed by atoms with van der Waals surface area (Å²) in [6, 6.07) is 8.61. The van der Waals surface area contributed by atoms with Crippen LogP contribution in [0, 0.1) is 6.92 Å². The molecule has 160 valence electrons. The smallest absolute Gasteiger partial charge is 0.272 e. The SMILES string of the molecule is COc1ccccc1NC(=O)c1cnc(C2CCCCN2C(=O)c2ccn[nH]2)nc1C. The summed E-state index contributed by atoms with van der Waals surface area (Å²) in [6.07, 6.45) is 5.76. The molecule has 1 aliphatic heterocycles. The van der Waals surface area contributed by atoms with Crippen molar-refractivity contribution in [3.8, 4) is 5.75 Å². The molecule has 4 rings (SSSR count). The number of amides is 2. The number of piperidine rings is 1. The number of aromatic nitrogens is 4. The van der Waals surface area contributed by atoms with E-state index in [1.165, 1.54) is 6.20 Å². The molecule has 1 saturated heterocycles. The highest BCUT2D eigenvalue weighted by Gasteiger charge is 2.31. The number of carbonyl (C=O) groups is 2. The van der Waals surface area contributed by atoms with Crippen LogP contribution in [0.5, 0.6) is 5.75 Å². The summed E-state index contributed by atoms with van der Waals surface area (Å²) in [6.45, 7) is 2.40. The van der Waals surface area contributed by atoms with E-state index in [1.807, 2.05) is 12.1 Å². The fourth-order valence-corrected chi connectivity index (χ4v) is 3.78. The first-order chi connectivity index (χ1) is 15.1. The Hall–Kier alpha value is -3.75. The molecule has 9 heteroatoms. The Balaban J connectivity index is 1.56. The number of rotatable bonds is 5. The standard InChI is InChI=1S/C22H24N6O3/c1-14-15(21(29)26-16-7-3-4-9-19(16)31-2)13-23-20(25-14)18-8-5-6-12-28(18)22(30)17-10-11-24-27-17/h3-4,7,9-11,13,18H,5-6,8,12H2,1-2H3,(H,24,27)(H,26,29). The minimum atomic E-state index is -0.317. The lowest BCUT2D eigenvalue weighted by Crippen LogP contribution is -2.39. The average Bonchev–Trinajstić information content (AvgIpc) is 3.34. The molecule has 3 aromatic rings. The normalized spacial score (nSPS) is 16.1. The molecule has 2 aromatic heterocycles. The van der Waals surface area contributed by atoms with Crippen LogP contribution < -0.4 is 10.1 Å². The Morgan fingerprint density at radius 3 is 2.81 bits per heavy atom. The van der Waals surface area contributed by atoms with Crippen molar-refractivity contribution >= 4 is 17.5 Å². The van der Waals surface area contributed by atoms with Gasteiger partial charge >= 0.3 is 0 Å². The molecule has 0 bridgehead atoms. The predicted octanol–water partition coefficient (Wildman–Crippen LogP) is 3.14. The Morgan fingerprint density at radius 1 is 1.23 bits per heavy atom. The van der Waals surface area contributed by atoms with Crippen LogP contribution >= 0.6 is 0 Å². The summed E-state index contributed by atoms with van der Waals surface area (Å²) in [5, 5.41) is 9.44. The molecule has 2 N–H and O–H groups in total. The lowest BCUT2D eigenvalue weighted by molar-refractivity contribution is 0.0593. The highest BCUT2D eigenvalue weighted by molar-refractivity contribution is 6.05. The van der Waals surface area contributed by atoms with Gasteiger partial charge in [-0.25, -0.2) is 9.97 Å². The molecule has 1 unspecified atom stereocenters. The third kappa shape index (κ3) is 4.25. The maximum Gasteiger partial charge on any atom is 0.272 e. The van der Waals surface area contributed by atoms with Crippen LogP contribution in [0.25, 0.3) is 0 Å². The second-order valence-corrected chi connectivity index (χ2v) is 7.36. The average molecular weight is 420 g/mol. The number of H-pyrrole nitrogens is 1. The molecule has 0 spiro atoms. The van der Waals surface area contributed by atoms with Gasteiger partial charge in [0.15, 0.2) is 5.82 Å². The van der Waals surface area contributed by atoms with Gasteiger partial charge in [-0.1, -0.05) is 12.1 Å². The van der Waals surface area contributed by atoms with Gasteiger partial charge in [0.2, 0.25) is 0 Å². The first-order valence-corrected chi connectivity index (χ1v) is 10.2. The Kier molecular flexibility index (Phi) is 5.92. The molecule has 1 aliphatic rings. The van der Waals surface area contributed by atoms with Crippen molar-refractivity contribution < 1.29 is 14.3 Å². The molecule has 31 heavy (non-hydrogen) atoms. The van der Waals surface area contributed by atoms with Gasteiger partial charge in [0.05, 0.1) is 30.1 Å². The molecule has 1 fully saturated rings. The second kappa shape index (κ2) is 8.95. The highest BCUT2D eigenvalue weighted by Crippen LogP contribution is 2.30. The van der Waals surface area contributed by atoms with Crippen LogP contribution in [-0.4, -0.2) is 50.5 Å². The molecular formula is C22H24N6O3. The van der Waals surface area contributed by atoms with E-state index in [0.717, 1.165) is 19.3 Å². The van der Waals surface area contributed by atoms with Crippen molar-refractivity contribution in [3.05, 3.63) is 65.5 Å². The number of methoxy groups -OCH3 is 1. The van der Waals surface area contributed by atoms with Gasteiger partial charge in [0.25, 0.3) is 11.8 Å². The van der Waals surface area contributed by atoms with Gasteiger partial charge in [0.1, 0.15) is 11.4 Å². The van der Waals surface area contributed by atoms with Crippen LogP contribution in [0.4, 0.5) is 5.69 Å². The summed E-state index contributed by atoms with van der Waals surface area (Å²) < 4.78 is 5.29. The molecule has 9 nitrogen and oxygen atoms in total. The summed E-state index contributed by atoms with van der Waals surface area (Å²) in [5.74, 6) is 0.671. The highest BCUT2D eigenvalue weighted by atomic mass is 16.5. The van der Waals surface area contributed by atoms with Gasteiger partial charge in [-0.15, -0.1) is 0 Å². The summed E-state index contributed by atoms with van der Waals surface area (Å²) in [5.41, 5.74) is 1.94. The van der Waals surface area contributed by atoms with Crippen molar-refractivity contribution in [2.45, 2.75) is 32.2 Å². The summed E-state index contributed by atoms with van der Waals surface area (Å²) >= 11 is 0. The number of likely N-dealkylation sites (tertiary alicyclic amines) is 1. The van der Waals surface area contributed by atoms with Crippen molar-refractivity contribution in [2.75, 3.05) is 19.0 Å². The summed E-state index contributed by atoms with van der Waals surface area (Å²) in [7, 11) is 1.55. The molecule has 0 saturated carbocycles. The molecular weight excluding hydrogens is 396 g/mol. The number of anilines is 1. The van der Waals surface area contributed by atoms with E-state index in [-0.39, 0.29) is 17.9 Å². The zero-order valence-electron chi connectivity index (χ0n) is 17.5. The minimum Gasteiger partial charge on any atom is -0.495 e. The first kappa shape index (κ1) is 20.5. The van der Waals surface area contributed by atoms with E-state index in [1.54, 1.807) is 43.3 Å². The maximum atomic E-state index is 12.9. The molecule has 0 aliphatic carbocycles. The van der Waals surface area contributed by atoms with E-state index in [4.69, 9.17) is 4.74 Å². The van der Waals surface area contributed by atoms with Crippen molar-refractivity contribution in [2.24, 2.45) is 0 Å². The number of carbonyl (C=O) groups excluding carboxylic acids is 2. The van der Waals surface area contributed by atoms with Crippen LogP contribution in [0.15, 0.2) is 42.7 Å². The van der Waals surface area contributed by atoms with Crippen molar-refractivity contribution in [3.63, 3.8) is 0 Å². The molecule has 1 aromatic carbocycles. The van der Waals surface area contributed by atoms with Gasteiger partial charge in [-0.3, -0.25) is 14.7 Å². The third-order valence-corrected chi connectivity index (χ3v) is 5.39. The number of hydrogen-bond acceptors (Lipinski definition) is 6. The first-order valence-electron chi connectivity index (χ1n) is 10.2. The molecule has 3 heterocycles. The summed E-state index contributed by atoms with van der Waals surface area (Å²) in [4.78, 5) is 36.5. The van der Waals surface area contributed by atoms with Gasteiger partial charge in [-0.05, 0) is 44.4 Å². The number of nitrogens with zero attached hydrogens (tertiary/aromatic N) is 4. The lowest BCUT2D eigenvalue weighted by Gasteiger charge is -2.34. The van der Waals surface area contributed by atoms with Crippen molar-refractivity contribution in [1.82, 2.24) is 25.1 Å². The quantitative estimate of drug-likeness (QED) is 0.656. The molecule has 1 atom stereocenters. The van der Waals surface area contributed by atoms with Crippen LogP contribution in [0.1, 0.15) is 57.7 Å². The van der Waals surface area contributed by atoms with Crippen molar-refractivity contribution in [1.29, 1.82) is 0 Å². The van der Waals surface area contributed by atoms with Crippen LogP contribution in [0.2, 0.25) is 0 Å². The minimum absolute atomic E-state index is 0.124. The number of nitrogens with one attached hydrogen (secondary N) is 2. The van der Waals surface area contributed by atoms with E-state index in [2.05, 4.69) is 25.5 Å². The Morgan fingerprint density at radius 2 is 2.06 bits per heavy atom. The maximum absolute atomic E-state index is 12.9. The fraction of sp³-hybridized carbons (Fsp3) is 0.318. The fourth-order valence-electron chi connectivity index (χ4n) is 3.78. The van der Waals surface area contributed by atoms with Crippen LogP contribution in [0.3, 0.4) is 0 Å². The Labute approximate surface area is 179 Å². The van der Waals surface area contributed by atoms with Crippen LogP contribution in [-0.2, 0) is 0 Å². The lowest BCUT2D eigenvalue weighted by atomic mass is 10.0. The number of ether oxygens (including phenoxy) is 1. The number of hydrogen-bond donors (Lipinski definition) is 2. The van der Waals surface area contributed by atoms with E-state index in [0.29, 0.717) is 40.8 Å². The zero-order chi connectivity index (χ0) is 21.8. The largest absolute Gasteiger partial charge is 0.495 e. The van der Waals surface area contributed by atoms with E-state index in [9.17, 15) is 9.59 Å². The zero-order valence-corrected chi connectivity index (χ0v) is 17.5. The third-order valence-electron chi connectivity index (χ3n) is 5.39. The topological polar surface area (TPSA) is 113 Å². The molecule has 0 radical (unpaired) electrons. The predicted molar refractivity (Wildman–Crippen MR) is 114 cm³/mol. The second-order valence-electron chi connectivity index (χ2n) is 7.36. The van der Waals surface area contributed by atoms with E-state index < -0.39 is 0 Å². The number of aromatic amines is 1. The molecule has 2 amide bonds. The monoisotopic (exact) mass is 420 g/mol. The number of benzene rings is 1. The van der Waals surface area contributed by atoms with Gasteiger partial charge in [-0.2, -0.15) is 5.10 Å². The number of aryl methyl sites for hydroxylation is 1.